The zero-order valence-corrected chi connectivity index (χ0v) is 15.7. The molecule has 0 saturated heterocycles. The second-order valence-corrected chi connectivity index (χ2v) is 7.31. The molecule has 6 heteroatoms. The molecule has 2 N–H and O–H groups in total. The van der Waals surface area contributed by atoms with Crippen LogP contribution >= 0.6 is 23.2 Å². The predicted molar refractivity (Wildman–Crippen MR) is 105 cm³/mol. The predicted octanol–water partition coefficient (Wildman–Crippen LogP) is 5.31. The van der Waals surface area contributed by atoms with E-state index in [9.17, 15) is 9.59 Å². The molecule has 0 atom stereocenters. The number of hydrogen-bond acceptors (Lipinski definition) is 2. The van der Waals surface area contributed by atoms with Gasteiger partial charge in [-0.15, -0.1) is 0 Å². The van der Waals surface area contributed by atoms with Gasteiger partial charge in [-0.1, -0.05) is 48.5 Å². The molecular formula is C20H20Cl2N2O2. The fourth-order valence-corrected chi connectivity index (χ4v) is 3.51. The molecule has 2 aromatic rings. The van der Waals surface area contributed by atoms with Gasteiger partial charge in [-0.3, -0.25) is 9.59 Å². The summed E-state index contributed by atoms with van der Waals surface area (Å²) in [5, 5.41) is 6.67. The summed E-state index contributed by atoms with van der Waals surface area (Å²) in [6, 6.07) is 11.8. The third-order valence-corrected chi connectivity index (χ3v) is 5.06. The van der Waals surface area contributed by atoms with E-state index in [0.29, 0.717) is 26.9 Å². The van der Waals surface area contributed by atoms with Crippen molar-refractivity contribution in [3.05, 3.63) is 63.6 Å². The molecule has 2 amide bonds. The summed E-state index contributed by atoms with van der Waals surface area (Å²) in [6.45, 7) is 0. The van der Waals surface area contributed by atoms with Crippen LogP contribution < -0.4 is 10.6 Å². The number of rotatable bonds is 4. The number of anilines is 1. The Labute approximate surface area is 162 Å². The van der Waals surface area contributed by atoms with Gasteiger partial charge in [-0.25, -0.2) is 0 Å². The number of amides is 2. The highest BCUT2D eigenvalue weighted by Gasteiger charge is 2.19. The molecule has 0 unspecified atom stereocenters. The molecule has 26 heavy (non-hydrogen) atoms. The highest BCUT2D eigenvalue weighted by atomic mass is 35.5. The van der Waals surface area contributed by atoms with Crippen LogP contribution in [0.3, 0.4) is 0 Å². The lowest BCUT2D eigenvalue weighted by Gasteiger charge is -2.23. The van der Waals surface area contributed by atoms with Gasteiger partial charge in [-0.05, 0) is 49.2 Å². The van der Waals surface area contributed by atoms with Crippen molar-refractivity contribution >= 4 is 40.7 Å². The van der Waals surface area contributed by atoms with Crippen molar-refractivity contribution in [1.82, 2.24) is 5.32 Å². The number of carbonyl (C=O) groups is 2. The number of hydrogen-bond donors (Lipinski definition) is 2. The van der Waals surface area contributed by atoms with Crippen molar-refractivity contribution in [2.45, 2.75) is 38.1 Å². The zero-order chi connectivity index (χ0) is 18.5. The summed E-state index contributed by atoms with van der Waals surface area (Å²) < 4.78 is 0. The Morgan fingerprint density at radius 3 is 2.42 bits per heavy atom. The van der Waals surface area contributed by atoms with Gasteiger partial charge < -0.3 is 10.6 Å². The van der Waals surface area contributed by atoms with Gasteiger partial charge in [0.2, 0.25) is 0 Å². The van der Waals surface area contributed by atoms with E-state index in [2.05, 4.69) is 10.6 Å². The smallest absolute Gasteiger partial charge is 0.255 e. The molecule has 1 aliphatic rings. The Balaban J connectivity index is 1.72. The molecule has 2 aromatic carbocycles. The van der Waals surface area contributed by atoms with Crippen molar-refractivity contribution in [2.75, 3.05) is 5.32 Å². The summed E-state index contributed by atoms with van der Waals surface area (Å²) >= 11 is 12.1. The first-order valence-corrected chi connectivity index (χ1v) is 9.46. The van der Waals surface area contributed by atoms with Crippen molar-refractivity contribution < 1.29 is 9.59 Å². The second-order valence-electron chi connectivity index (χ2n) is 6.47. The van der Waals surface area contributed by atoms with Gasteiger partial charge in [-0.2, -0.15) is 0 Å². The molecule has 136 valence electrons. The average molecular weight is 391 g/mol. The minimum absolute atomic E-state index is 0.192. The van der Waals surface area contributed by atoms with E-state index in [4.69, 9.17) is 23.2 Å². The first-order chi connectivity index (χ1) is 12.5. The van der Waals surface area contributed by atoms with Crippen LogP contribution in [0.15, 0.2) is 42.5 Å². The molecule has 0 aliphatic heterocycles. The van der Waals surface area contributed by atoms with E-state index >= 15 is 0 Å². The van der Waals surface area contributed by atoms with E-state index < -0.39 is 0 Å². The van der Waals surface area contributed by atoms with Crippen molar-refractivity contribution in [1.29, 1.82) is 0 Å². The minimum atomic E-state index is -0.298. The highest BCUT2D eigenvalue weighted by molar-refractivity contribution is 6.34. The van der Waals surface area contributed by atoms with Crippen LogP contribution in [0.25, 0.3) is 0 Å². The minimum Gasteiger partial charge on any atom is -0.349 e. The lowest BCUT2D eigenvalue weighted by Crippen LogP contribution is -2.36. The first kappa shape index (κ1) is 18.7. The first-order valence-electron chi connectivity index (χ1n) is 8.70. The van der Waals surface area contributed by atoms with Crippen molar-refractivity contribution in [3.63, 3.8) is 0 Å². The van der Waals surface area contributed by atoms with Gasteiger partial charge in [0.05, 0.1) is 10.6 Å². The van der Waals surface area contributed by atoms with Gasteiger partial charge in [0.25, 0.3) is 11.8 Å². The van der Waals surface area contributed by atoms with Gasteiger partial charge >= 0.3 is 0 Å². The topological polar surface area (TPSA) is 58.2 Å². The molecule has 0 aromatic heterocycles. The number of carbonyl (C=O) groups excluding carboxylic acids is 2. The summed E-state index contributed by atoms with van der Waals surface area (Å²) in [5.41, 5.74) is 1.31. The molecule has 1 saturated carbocycles. The van der Waals surface area contributed by atoms with Gasteiger partial charge in [0.15, 0.2) is 0 Å². The molecule has 3 rings (SSSR count). The maximum atomic E-state index is 12.6. The number of halogens is 2. The molecule has 0 spiro atoms. The Kier molecular flexibility index (Phi) is 6.17. The molecule has 4 nitrogen and oxygen atoms in total. The quantitative estimate of drug-likeness (QED) is 0.742. The van der Waals surface area contributed by atoms with E-state index in [1.54, 1.807) is 42.5 Å². The van der Waals surface area contributed by atoms with Crippen LogP contribution in [-0.2, 0) is 0 Å². The Hall–Kier alpha value is -2.04. The summed E-state index contributed by atoms with van der Waals surface area (Å²) in [6.07, 6.45) is 5.48. The average Bonchev–Trinajstić information content (AvgIpc) is 2.64. The third-order valence-electron chi connectivity index (χ3n) is 4.50. The SMILES string of the molecule is O=C(Nc1ccc(Cl)c(C(=O)NC2CCCCC2)c1)c1cccc(Cl)c1. The van der Waals surface area contributed by atoms with Gasteiger partial charge in [0.1, 0.15) is 0 Å². The standard InChI is InChI=1S/C20H20Cl2N2O2/c21-14-6-4-5-13(11-14)19(25)24-16-9-10-18(22)17(12-16)20(26)23-15-7-2-1-3-8-15/h4-6,9-12,15H,1-3,7-8H2,(H,23,26)(H,24,25). The van der Waals surface area contributed by atoms with Crippen LogP contribution in [0.1, 0.15) is 52.8 Å². The molecule has 0 bridgehead atoms. The Bertz CT molecular complexity index is 817. The summed E-state index contributed by atoms with van der Waals surface area (Å²) in [5.74, 6) is -0.505. The molecular weight excluding hydrogens is 371 g/mol. The maximum Gasteiger partial charge on any atom is 0.255 e. The van der Waals surface area contributed by atoms with Crippen molar-refractivity contribution in [3.8, 4) is 0 Å². The summed E-state index contributed by atoms with van der Waals surface area (Å²) in [7, 11) is 0. The molecule has 1 fully saturated rings. The lowest BCUT2D eigenvalue weighted by molar-refractivity contribution is 0.0926. The zero-order valence-electron chi connectivity index (χ0n) is 14.2. The van der Waals surface area contributed by atoms with Gasteiger partial charge in [0, 0.05) is 22.3 Å². The van der Waals surface area contributed by atoms with Crippen LogP contribution in [0.5, 0.6) is 0 Å². The van der Waals surface area contributed by atoms with Crippen LogP contribution in [0.4, 0.5) is 5.69 Å². The van der Waals surface area contributed by atoms with Crippen LogP contribution in [0, 0.1) is 0 Å². The van der Waals surface area contributed by atoms with E-state index in [1.165, 1.54) is 6.42 Å². The summed E-state index contributed by atoms with van der Waals surface area (Å²) in [4.78, 5) is 24.9. The lowest BCUT2D eigenvalue weighted by atomic mass is 9.95. The van der Waals surface area contributed by atoms with E-state index in [1.807, 2.05) is 0 Å². The fourth-order valence-electron chi connectivity index (χ4n) is 3.12. The van der Waals surface area contributed by atoms with Crippen LogP contribution in [0.2, 0.25) is 10.0 Å². The number of nitrogens with one attached hydrogen (secondary N) is 2. The normalized spacial score (nSPS) is 14.7. The Morgan fingerprint density at radius 1 is 0.923 bits per heavy atom. The third kappa shape index (κ3) is 4.77. The number of benzene rings is 2. The van der Waals surface area contributed by atoms with Crippen molar-refractivity contribution in [2.24, 2.45) is 0 Å². The Morgan fingerprint density at radius 2 is 1.69 bits per heavy atom. The molecule has 0 radical (unpaired) electrons. The van der Waals surface area contributed by atoms with E-state index in [0.717, 1.165) is 25.7 Å². The fraction of sp³-hybridized carbons (Fsp3) is 0.300. The van der Waals surface area contributed by atoms with E-state index in [-0.39, 0.29) is 17.9 Å². The monoisotopic (exact) mass is 390 g/mol. The largest absolute Gasteiger partial charge is 0.349 e. The highest BCUT2D eigenvalue weighted by Crippen LogP contribution is 2.23. The molecule has 0 heterocycles. The molecule has 1 aliphatic carbocycles. The van der Waals surface area contributed by atoms with Crippen LogP contribution in [-0.4, -0.2) is 17.9 Å². The second kappa shape index (κ2) is 8.56. The maximum absolute atomic E-state index is 12.6.